The molecular weight excluding hydrogens is 424 g/mol. The number of ether oxygens (including phenoxy) is 5. The average molecular weight is 455 g/mol. The van der Waals surface area contributed by atoms with Crippen LogP contribution in [0.25, 0.3) is 0 Å². The number of aliphatic hydroxyl groups is 2. The van der Waals surface area contributed by atoms with Gasteiger partial charge < -0.3 is 33.9 Å². The van der Waals surface area contributed by atoms with Gasteiger partial charge in [0.25, 0.3) is 0 Å². The van der Waals surface area contributed by atoms with Gasteiger partial charge in [0.05, 0.1) is 41.7 Å². The summed E-state index contributed by atoms with van der Waals surface area (Å²) in [6, 6.07) is 15.9. The van der Waals surface area contributed by atoms with Crippen LogP contribution < -0.4 is 23.7 Å². The highest BCUT2D eigenvalue weighted by Crippen LogP contribution is 2.35. The Hall–Kier alpha value is -3.42. The molecule has 7 nitrogen and oxygen atoms in total. The Labute approximate surface area is 194 Å². The molecule has 2 N–H and O–H groups in total. The van der Waals surface area contributed by atoms with Gasteiger partial charge in [0.15, 0.2) is 0 Å². The van der Waals surface area contributed by atoms with Crippen LogP contribution in [0.3, 0.4) is 0 Å². The van der Waals surface area contributed by atoms with Crippen molar-refractivity contribution in [1.82, 2.24) is 0 Å². The van der Waals surface area contributed by atoms with Crippen LogP contribution in [0, 0.1) is 0 Å². The maximum atomic E-state index is 11.3. The van der Waals surface area contributed by atoms with Crippen LogP contribution in [0.2, 0.25) is 0 Å². The van der Waals surface area contributed by atoms with Gasteiger partial charge in [-0.3, -0.25) is 0 Å². The normalized spacial score (nSPS) is 12.6. The molecule has 0 saturated carbocycles. The van der Waals surface area contributed by atoms with Gasteiger partial charge in [0.2, 0.25) is 0 Å². The minimum absolute atomic E-state index is 0.258. The lowest BCUT2D eigenvalue weighted by atomic mass is 9.91. The molecule has 0 unspecified atom stereocenters. The molecule has 0 spiro atoms. The van der Waals surface area contributed by atoms with E-state index in [1.165, 1.54) is 0 Å². The van der Waals surface area contributed by atoms with Gasteiger partial charge in [-0.2, -0.15) is 0 Å². The smallest absolute Gasteiger partial charge is 0.122 e. The van der Waals surface area contributed by atoms with E-state index < -0.39 is 12.2 Å². The Balaban J connectivity index is 1.99. The minimum atomic E-state index is -0.994. The first-order valence-electron chi connectivity index (χ1n) is 10.4. The van der Waals surface area contributed by atoms with Crippen LogP contribution in [0.5, 0.6) is 28.7 Å². The molecule has 0 aliphatic carbocycles. The number of benzene rings is 3. The maximum absolute atomic E-state index is 11.3. The SMILES string of the molecule is COc1cc(OC)cc([C@@H](O)c2cc(OC)ccc2C[C@@H](O)c2cc(OC)cc(OC)c2)c1. The first-order chi connectivity index (χ1) is 15.9. The van der Waals surface area contributed by atoms with E-state index in [0.29, 0.717) is 45.4 Å². The molecule has 3 aromatic rings. The molecule has 0 heterocycles. The first kappa shape index (κ1) is 24.2. The lowest BCUT2D eigenvalue weighted by Gasteiger charge is -2.21. The predicted octanol–water partition coefficient (Wildman–Crippen LogP) is 4.09. The summed E-state index contributed by atoms with van der Waals surface area (Å²) in [6.45, 7) is 0. The van der Waals surface area contributed by atoms with E-state index in [9.17, 15) is 10.2 Å². The van der Waals surface area contributed by atoms with E-state index in [1.807, 2.05) is 6.07 Å². The highest BCUT2D eigenvalue weighted by atomic mass is 16.5. The Morgan fingerprint density at radius 3 is 1.48 bits per heavy atom. The van der Waals surface area contributed by atoms with Crippen molar-refractivity contribution < 1.29 is 33.9 Å². The summed E-state index contributed by atoms with van der Waals surface area (Å²) in [7, 11) is 7.80. The average Bonchev–Trinajstić information content (AvgIpc) is 2.87. The van der Waals surface area contributed by atoms with Crippen molar-refractivity contribution in [3.63, 3.8) is 0 Å². The lowest BCUT2D eigenvalue weighted by Crippen LogP contribution is -2.09. The van der Waals surface area contributed by atoms with Gasteiger partial charge >= 0.3 is 0 Å². The van der Waals surface area contributed by atoms with Gasteiger partial charge in [-0.25, -0.2) is 0 Å². The third kappa shape index (κ3) is 5.69. The second kappa shape index (κ2) is 10.9. The number of hydrogen-bond acceptors (Lipinski definition) is 7. The fourth-order valence-electron chi connectivity index (χ4n) is 3.66. The molecule has 7 heteroatoms. The lowest BCUT2D eigenvalue weighted by molar-refractivity contribution is 0.174. The summed E-state index contributed by atoms with van der Waals surface area (Å²) >= 11 is 0. The fourth-order valence-corrected chi connectivity index (χ4v) is 3.66. The fraction of sp³-hybridized carbons (Fsp3) is 0.308. The van der Waals surface area contributed by atoms with Gasteiger partial charge in [-0.1, -0.05) is 6.07 Å². The second-order valence-corrected chi connectivity index (χ2v) is 7.48. The molecule has 176 valence electrons. The van der Waals surface area contributed by atoms with E-state index >= 15 is 0 Å². The molecule has 2 atom stereocenters. The molecule has 3 aromatic carbocycles. The van der Waals surface area contributed by atoms with Crippen LogP contribution in [0.1, 0.15) is 34.5 Å². The maximum Gasteiger partial charge on any atom is 0.122 e. The molecule has 0 saturated heterocycles. The molecule has 33 heavy (non-hydrogen) atoms. The third-order valence-electron chi connectivity index (χ3n) is 5.51. The molecule has 0 aliphatic rings. The van der Waals surface area contributed by atoms with Crippen molar-refractivity contribution >= 4 is 0 Å². The number of hydrogen-bond donors (Lipinski definition) is 2. The summed E-state index contributed by atoms with van der Waals surface area (Å²) in [6.07, 6.45) is -1.59. The van der Waals surface area contributed by atoms with Crippen LogP contribution in [-0.2, 0) is 6.42 Å². The number of rotatable bonds is 10. The summed E-state index contributed by atoms with van der Waals surface area (Å²) < 4.78 is 26.7. The van der Waals surface area contributed by atoms with Crippen LogP contribution >= 0.6 is 0 Å². The van der Waals surface area contributed by atoms with Gasteiger partial charge in [-0.05, 0) is 58.7 Å². The predicted molar refractivity (Wildman–Crippen MR) is 125 cm³/mol. The Bertz CT molecular complexity index is 1040. The van der Waals surface area contributed by atoms with Crippen molar-refractivity contribution in [3.8, 4) is 28.7 Å². The van der Waals surface area contributed by atoms with Gasteiger partial charge in [0, 0.05) is 18.6 Å². The first-order valence-corrected chi connectivity index (χ1v) is 10.4. The largest absolute Gasteiger partial charge is 0.497 e. The Morgan fingerprint density at radius 2 is 1.03 bits per heavy atom. The third-order valence-corrected chi connectivity index (χ3v) is 5.51. The molecule has 0 radical (unpaired) electrons. The molecule has 0 bridgehead atoms. The molecule has 0 fully saturated rings. The van der Waals surface area contributed by atoms with Crippen LogP contribution in [0.15, 0.2) is 54.6 Å². The standard InChI is InChI=1S/C26H30O7/c1-29-19-7-6-16(12-25(27)17-8-20(30-2)13-21(9-17)31-3)24(15-19)26(28)18-10-22(32-4)14-23(11-18)33-5/h6-11,13-15,25-28H,12H2,1-5H3/t25-,26-/m1/s1. The van der Waals surface area contributed by atoms with Crippen molar-refractivity contribution in [1.29, 1.82) is 0 Å². The van der Waals surface area contributed by atoms with Crippen molar-refractivity contribution in [2.24, 2.45) is 0 Å². The summed E-state index contributed by atoms with van der Waals surface area (Å²) in [5.74, 6) is 2.90. The zero-order valence-electron chi connectivity index (χ0n) is 19.5. The van der Waals surface area contributed by atoms with Crippen LogP contribution in [0.4, 0.5) is 0 Å². The number of methoxy groups -OCH3 is 5. The zero-order valence-corrected chi connectivity index (χ0v) is 19.5. The molecular formula is C26H30O7. The second-order valence-electron chi connectivity index (χ2n) is 7.48. The van der Waals surface area contributed by atoms with Gasteiger partial charge in [0.1, 0.15) is 34.9 Å². The van der Waals surface area contributed by atoms with Crippen LogP contribution in [-0.4, -0.2) is 45.8 Å². The summed E-state index contributed by atoms with van der Waals surface area (Å²) in [5, 5.41) is 22.3. The van der Waals surface area contributed by atoms with E-state index in [4.69, 9.17) is 23.7 Å². The Kier molecular flexibility index (Phi) is 8.03. The molecule has 0 aromatic heterocycles. The topological polar surface area (TPSA) is 86.6 Å². The van der Waals surface area contributed by atoms with Crippen molar-refractivity contribution in [2.45, 2.75) is 18.6 Å². The van der Waals surface area contributed by atoms with Crippen molar-refractivity contribution in [2.75, 3.05) is 35.5 Å². The monoisotopic (exact) mass is 454 g/mol. The van der Waals surface area contributed by atoms with E-state index in [0.717, 1.165) is 5.56 Å². The Morgan fingerprint density at radius 1 is 0.576 bits per heavy atom. The molecule has 3 rings (SSSR count). The molecule has 0 aliphatic heterocycles. The van der Waals surface area contributed by atoms with E-state index in [1.54, 1.807) is 84.1 Å². The summed E-state index contributed by atoms with van der Waals surface area (Å²) in [5.41, 5.74) is 2.61. The minimum Gasteiger partial charge on any atom is -0.497 e. The highest BCUT2D eigenvalue weighted by Gasteiger charge is 2.21. The van der Waals surface area contributed by atoms with E-state index in [-0.39, 0.29) is 6.42 Å². The highest BCUT2D eigenvalue weighted by molar-refractivity contribution is 5.47. The quantitative estimate of drug-likeness (QED) is 0.477. The van der Waals surface area contributed by atoms with Gasteiger partial charge in [-0.15, -0.1) is 0 Å². The number of aliphatic hydroxyl groups excluding tert-OH is 2. The summed E-state index contributed by atoms with van der Waals surface area (Å²) in [4.78, 5) is 0. The molecule has 0 amide bonds. The zero-order chi connectivity index (χ0) is 24.0. The van der Waals surface area contributed by atoms with E-state index in [2.05, 4.69) is 0 Å². The van der Waals surface area contributed by atoms with Crippen molar-refractivity contribution in [3.05, 3.63) is 76.9 Å².